The number of aliphatic hydroxyl groups is 1. The fraction of sp³-hybridized carbons (Fsp3) is 0.353. The van der Waals surface area contributed by atoms with Gasteiger partial charge in [0.2, 0.25) is 0 Å². The van der Waals surface area contributed by atoms with Gasteiger partial charge in [0.1, 0.15) is 16.7 Å². The molecule has 0 amide bonds. The van der Waals surface area contributed by atoms with Crippen LogP contribution in [0.1, 0.15) is 37.2 Å². The van der Waals surface area contributed by atoms with Gasteiger partial charge in [0, 0.05) is 12.6 Å². The zero-order chi connectivity index (χ0) is 16.6. The van der Waals surface area contributed by atoms with Gasteiger partial charge in [-0.2, -0.15) is 0 Å². The van der Waals surface area contributed by atoms with Gasteiger partial charge in [-0.3, -0.25) is 0 Å². The molecule has 4 rings (SSSR count). The van der Waals surface area contributed by atoms with Crippen molar-refractivity contribution in [1.82, 2.24) is 19.9 Å². The third-order valence-corrected chi connectivity index (χ3v) is 4.80. The number of pyridine rings is 2. The summed E-state index contributed by atoms with van der Waals surface area (Å²) in [6.07, 6.45) is 6.57. The van der Waals surface area contributed by atoms with Crippen molar-refractivity contribution < 1.29 is 5.11 Å². The van der Waals surface area contributed by atoms with Crippen LogP contribution in [0.5, 0.6) is 0 Å². The van der Waals surface area contributed by atoms with E-state index in [9.17, 15) is 5.11 Å². The summed E-state index contributed by atoms with van der Waals surface area (Å²) in [7, 11) is 0. The molecule has 0 aromatic carbocycles. The van der Waals surface area contributed by atoms with Gasteiger partial charge in [0.15, 0.2) is 5.65 Å². The molecule has 0 spiro atoms. The van der Waals surface area contributed by atoms with Crippen LogP contribution in [0.2, 0.25) is 5.15 Å². The van der Waals surface area contributed by atoms with E-state index >= 15 is 0 Å². The molecule has 1 saturated carbocycles. The largest absolute Gasteiger partial charge is 0.371 e. The summed E-state index contributed by atoms with van der Waals surface area (Å²) in [6, 6.07) is 7.61. The molecular formula is C17H18ClN5O. The van der Waals surface area contributed by atoms with Crippen LogP contribution in [0.15, 0.2) is 36.8 Å². The number of anilines is 1. The summed E-state index contributed by atoms with van der Waals surface area (Å²) in [5, 5.41) is 14.7. The molecule has 24 heavy (non-hydrogen) atoms. The van der Waals surface area contributed by atoms with Crippen molar-refractivity contribution in [1.29, 1.82) is 0 Å². The number of hydrogen-bond donors (Lipinski definition) is 3. The molecule has 7 heteroatoms. The second-order valence-electron chi connectivity index (χ2n) is 6.33. The van der Waals surface area contributed by atoms with Crippen LogP contribution in [0.4, 0.5) is 5.82 Å². The molecule has 1 aliphatic carbocycles. The highest BCUT2D eigenvalue weighted by atomic mass is 35.5. The smallest absolute Gasteiger partial charge is 0.179 e. The number of nitrogens with one attached hydrogen (secondary N) is 2. The lowest BCUT2D eigenvalue weighted by atomic mass is 9.79. The van der Waals surface area contributed by atoms with Crippen molar-refractivity contribution in [2.24, 2.45) is 0 Å². The maximum atomic E-state index is 11.0. The van der Waals surface area contributed by atoms with Crippen molar-refractivity contribution in [2.45, 2.75) is 37.3 Å². The molecule has 0 aliphatic heterocycles. The van der Waals surface area contributed by atoms with E-state index in [4.69, 9.17) is 11.6 Å². The molecule has 1 fully saturated rings. The van der Waals surface area contributed by atoms with E-state index < -0.39 is 5.72 Å². The molecular weight excluding hydrogens is 326 g/mol. The fourth-order valence-corrected chi connectivity index (χ4v) is 3.63. The molecule has 3 aromatic heterocycles. The highest BCUT2D eigenvalue weighted by molar-refractivity contribution is 6.29. The summed E-state index contributed by atoms with van der Waals surface area (Å²) >= 11 is 6.00. The van der Waals surface area contributed by atoms with Crippen LogP contribution in [-0.2, 0) is 0 Å². The van der Waals surface area contributed by atoms with Gasteiger partial charge in [-0.15, -0.1) is 0 Å². The minimum atomic E-state index is -0.990. The molecule has 0 radical (unpaired) electrons. The van der Waals surface area contributed by atoms with E-state index in [-0.39, 0.29) is 5.92 Å². The van der Waals surface area contributed by atoms with Gasteiger partial charge in [-0.1, -0.05) is 11.6 Å². The number of aromatic amines is 1. The second kappa shape index (κ2) is 6.03. The predicted molar refractivity (Wildman–Crippen MR) is 92.9 cm³/mol. The number of H-pyrrole nitrogens is 1. The maximum absolute atomic E-state index is 11.0. The highest BCUT2D eigenvalue weighted by Gasteiger charge is 2.35. The van der Waals surface area contributed by atoms with Gasteiger partial charge in [0.05, 0.1) is 11.8 Å². The summed E-state index contributed by atoms with van der Waals surface area (Å²) in [4.78, 5) is 15.6. The minimum absolute atomic E-state index is 0.242. The SMILES string of the molecule is OC1(Nc2ccc3[nH]cnc3n2)CCCC(c2ccnc(Cl)c2)C1. The van der Waals surface area contributed by atoms with Crippen LogP contribution in [0.3, 0.4) is 0 Å². The van der Waals surface area contributed by atoms with Gasteiger partial charge >= 0.3 is 0 Å². The third kappa shape index (κ3) is 3.07. The summed E-state index contributed by atoms with van der Waals surface area (Å²) in [6.45, 7) is 0. The Morgan fingerprint density at radius 3 is 3.08 bits per heavy atom. The standard InChI is InChI=1S/C17H18ClN5O/c18-14-8-11(5-7-19-14)12-2-1-6-17(24,9-12)23-15-4-3-13-16(22-15)21-10-20-13/h3-5,7-8,10,12,24H,1-2,6,9H2,(H2,20,21,22,23). The third-order valence-electron chi connectivity index (χ3n) is 4.59. The topological polar surface area (TPSA) is 86.7 Å². The lowest BCUT2D eigenvalue weighted by molar-refractivity contribution is 0.0231. The second-order valence-corrected chi connectivity index (χ2v) is 6.72. The van der Waals surface area contributed by atoms with Crippen molar-refractivity contribution in [3.8, 4) is 0 Å². The van der Waals surface area contributed by atoms with Gasteiger partial charge in [0.25, 0.3) is 0 Å². The van der Waals surface area contributed by atoms with Gasteiger partial charge in [-0.05, 0) is 55.0 Å². The molecule has 2 unspecified atom stereocenters. The van der Waals surface area contributed by atoms with Crippen molar-refractivity contribution in [3.05, 3.63) is 47.5 Å². The number of hydrogen-bond acceptors (Lipinski definition) is 5. The Bertz CT molecular complexity index is 867. The van der Waals surface area contributed by atoms with Gasteiger partial charge in [-0.25, -0.2) is 15.0 Å². The van der Waals surface area contributed by atoms with Gasteiger partial charge < -0.3 is 15.4 Å². The molecule has 2 atom stereocenters. The number of halogens is 1. The molecule has 0 bridgehead atoms. The predicted octanol–water partition coefficient (Wildman–Crippen LogP) is 3.46. The average molecular weight is 344 g/mol. The van der Waals surface area contributed by atoms with Crippen LogP contribution < -0.4 is 5.32 Å². The zero-order valence-electron chi connectivity index (χ0n) is 13.0. The molecule has 3 aromatic rings. The first-order chi connectivity index (χ1) is 11.6. The minimum Gasteiger partial charge on any atom is -0.371 e. The van der Waals surface area contributed by atoms with E-state index in [1.165, 1.54) is 0 Å². The van der Waals surface area contributed by atoms with Crippen molar-refractivity contribution in [2.75, 3.05) is 5.32 Å². The van der Waals surface area contributed by atoms with E-state index in [1.807, 2.05) is 24.3 Å². The Hall–Kier alpha value is -2.18. The van der Waals surface area contributed by atoms with E-state index in [0.29, 0.717) is 29.5 Å². The molecule has 6 nitrogen and oxygen atoms in total. The van der Waals surface area contributed by atoms with Crippen LogP contribution in [0, 0.1) is 0 Å². The number of nitrogens with zero attached hydrogens (tertiary/aromatic N) is 3. The molecule has 124 valence electrons. The number of aromatic nitrogens is 4. The molecule has 3 N–H and O–H groups in total. The maximum Gasteiger partial charge on any atom is 0.179 e. The summed E-state index contributed by atoms with van der Waals surface area (Å²) in [5.74, 6) is 0.872. The Morgan fingerprint density at radius 1 is 1.29 bits per heavy atom. The van der Waals surface area contributed by atoms with Crippen LogP contribution in [-0.4, -0.2) is 30.8 Å². The normalized spacial score (nSPS) is 24.2. The zero-order valence-corrected chi connectivity index (χ0v) is 13.8. The first kappa shape index (κ1) is 15.4. The van der Waals surface area contributed by atoms with E-state index in [0.717, 1.165) is 23.9 Å². The Balaban J connectivity index is 1.55. The summed E-state index contributed by atoms with van der Waals surface area (Å²) in [5.41, 5.74) is 1.64. The average Bonchev–Trinajstić information content (AvgIpc) is 3.02. The number of imidazole rings is 1. The van der Waals surface area contributed by atoms with Crippen molar-refractivity contribution >= 4 is 28.6 Å². The van der Waals surface area contributed by atoms with Crippen molar-refractivity contribution in [3.63, 3.8) is 0 Å². The highest BCUT2D eigenvalue weighted by Crippen LogP contribution is 2.39. The Kier molecular flexibility index (Phi) is 3.86. The quantitative estimate of drug-likeness (QED) is 0.500. The Morgan fingerprint density at radius 2 is 2.21 bits per heavy atom. The van der Waals surface area contributed by atoms with Crippen LogP contribution >= 0.6 is 11.6 Å². The molecule has 1 aliphatic rings. The summed E-state index contributed by atoms with van der Waals surface area (Å²) < 4.78 is 0. The number of rotatable bonds is 3. The van der Waals surface area contributed by atoms with Crippen LogP contribution in [0.25, 0.3) is 11.2 Å². The fourth-order valence-electron chi connectivity index (χ4n) is 3.45. The number of fused-ring (bicyclic) bond motifs is 1. The van der Waals surface area contributed by atoms with E-state index in [2.05, 4.69) is 25.3 Å². The first-order valence-corrected chi connectivity index (χ1v) is 8.41. The lowest BCUT2D eigenvalue weighted by Crippen LogP contribution is -2.42. The monoisotopic (exact) mass is 343 g/mol. The Labute approximate surface area is 144 Å². The lowest BCUT2D eigenvalue weighted by Gasteiger charge is -2.38. The first-order valence-electron chi connectivity index (χ1n) is 8.03. The molecule has 0 saturated heterocycles. The van der Waals surface area contributed by atoms with E-state index in [1.54, 1.807) is 12.5 Å². The molecule has 3 heterocycles.